The van der Waals surface area contributed by atoms with Gasteiger partial charge in [0.15, 0.2) is 0 Å². The molecule has 1 aliphatic rings. The Morgan fingerprint density at radius 3 is 2.71 bits per heavy atom. The molecule has 0 amide bonds. The quantitative estimate of drug-likeness (QED) is 0.610. The number of carbonyl (C=O) groups excluding carboxylic acids is 1. The number of rotatable bonds is 5. The number of fused-ring (bicyclic) bond motifs is 1. The predicted octanol–water partition coefficient (Wildman–Crippen LogP) is 4.26. The third kappa shape index (κ3) is 3.62. The number of aliphatic imine (C=N–C) groups is 1. The van der Waals surface area contributed by atoms with Crippen LogP contribution in [-0.2, 0) is 6.42 Å². The highest BCUT2D eigenvalue weighted by Crippen LogP contribution is 2.24. The van der Waals surface area contributed by atoms with E-state index in [4.69, 9.17) is 4.74 Å². The van der Waals surface area contributed by atoms with Crippen LogP contribution in [0.1, 0.15) is 35.3 Å². The molecule has 0 saturated carbocycles. The van der Waals surface area contributed by atoms with Gasteiger partial charge >= 0.3 is 0 Å². The Bertz CT molecular complexity index is 800. The fourth-order valence-corrected chi connectivity index (χ4v) is 2.70. The zero-order valence-electron chi connectivity index (χ0n) is 14.1. The maximum absolute atomic E-state index is 12.7. The van der Waals surface area contributed by atoms with Crippen LogP contribution >= 0.6 is 0 Å². The molecular formula is C21H21NO2. The van der Waals surface area contributed by atoms with Gasteiger partial charge in [-0.15, -0.1) is 0 Å². The molecule has 0 atom stereocenters. The summed E-state index contributed by atoms with van der Waals surface area (Å²) in [6, 6.07) is 15.2. The standard InChI is InChI=1S/C21H21NO2/c1-15(2)11-13-24-18-8-9-19-17(14-18)10-12-22-20(19)21(23)16-6-4-3-5-7-16/h3-9,11,14H,10,12-13H2,1-2H3. The lowest BCUT2D eigenvalue weighted by Crippen LogP contribution is -2.22. The van der Waals surface area contributed by atoms with Gasteiger partial charge in [-0.2, -0.15) is 0 Å². The molecule has 0 N–H and O–H groups in total. The minimum atomic E-state index is -0.0187. The summed E-state index contributed by atoms with van der Waals surface area (Å²) in [6.45, 7) is 5.30. The molecule has 3 rings (SSSR count). The number of benzene rings is 2. The minimum absolute atomic E-state index is 0.0187. The van der Waals surface area contributed by atoms with Crippen LogP contribution in [0, 0.1) is 0 Å². The smallest absolute Gasteiger partial charge is 0.211 e. The van der Waals surface area contributed by atoms with E-state index in [1.807, 2.05) is 68.5 Å². The van der Waals surface area contributed by atoms with Crippen LogP contribution in [0.5, 0.6) is 5.75 Å². The molecule has 1 aliphatic heterocycles. The number of allylic oxidation sites excluding steroid dienone is 1. The molecule has 3 heteroatoms. The average Bonchev–Trinajstić information content (AvgIpc) is 2.61. The summed E-state index contributed by atoms with van der Waals surface area (Å²) in [5, 5.41) is 0. The molecule has 0 saturated heterocycles. The summed E-state index contributed by atoms with van der Waals surface area (Å²) >= 11 is 0. The number of carbonyl (C=O) groups is 1. The number of hydrogen-bond donors (Lipinski definition) is 0. The Morgan fingerprint density at radius 2 is 1.96 bits per heavy atom. The first-order valence-electron chi connectivity index (χ1n) is 8.19. The van der Waals surface area contributed by atoms with E-state index in [1.54, 1.807) is 0 Å². The van der Waals surface area contributed by atoms with Gasteiger partial charge in [0.1, 0.15) is 18.1 Å². The maximum atomic E-state index is 12.7. The fraction of sp³-hybridized carbons (Fsp3) is 0.238. The second-order valence-corrected chi connectivity index (χ2v) is 6.09. The second-order valence-electron chi connectivity index (χ2n) is 6.09. The van der Waals surface area contributed by atoms with E-state index in [0.29, 0.717) is 24.4 Å². The Kier molecular flexibility index (Phi) is 4.90. The van der Waals surface area contributed by atoms with E-state index in [1.165, 1.54) is 5.57 Å². The molecular weight excluding hydrogens is 298 g/mol. The van der Waals surface area contributed by atoms with Gasteiger partial charge in [-0.1, -0.05) is 35.9 Å². The summed E-state index contributed by atoms with van der Waals surface area (Å²) in [5.41, 5.74) is 4.51. The van der Waals surface area contributed by atoms with Crippen molar-refractivity contribution in [1.82, 2.24) is 0 Å². The Hall–Kier alpha value is -2.68. The number of ketones is 1. The molecule has 0 unspecified atom stereocenters. The van der Waals surface area contributed by atoms with E-state index in [0.717, 1.165) is 23.3 Å². The van der Waals surface area contributed by atoms with Crippen molar-refractivity contribution < 1.29 is 9.53 Å². The number of ether oxygens (including phenoxy) is 1. The van der Waals surface area contributed by atoms with Crippen molar-refractivity contribution in [3.63, 3.8) is 0 Å². The van der Waals surface area contributed by atoms with Gasteiger partial charge < -0.3 is 4.74 Å². The van der Waals surface area contributed by atoms with Crippen LogP contribution in [0.3, 0.4) is 0 Å². The van der Waals surface area contributed by atoms with Crippen molar-refractivity contribution >= 4 is 11.5 Å². The highest BCUT2D eigenvalue weighted by atomic mass is 16.5. The summed E-state index contributed by atoms with van der Waals surface area (Å²) < 4.78 is 5.76. The van der Waals surface area contributed by atoms with Crippen molar-refractivity contribution in [3.8, 4) is 5.75 Å². The molecule has 122 valence electrons. The fourth-order valence-electron chi connectivity index (χ4n) is 2.70. The number of Topliss-reactive ketones (excluding diaryl/α,β-unsaturated/α-hetero) is 1. The van der Waals surface area contributed by atoms with E-state index in [2.05, 4.69) is 4.99 Å². The van der Waals surface area contributed by atoms with Gasteiger partial charge in [-0.25, -0.2) is 0 Å². The van der Waals surface area contributed by atoms with Crippen molar-refractivity contribution in [2.75, 3.05) is 13.2 Å². The first-order valence-corrected chi connectivity index (χ1v) is 8.19. The van der Waals surface area contributed by atoms with E-state index < -0.39 is 0 Å². The Morgan fingerprint density at radius 1 is 1.17 bits per heavy atom. The Balaban J connectivity index is 1.83. The normalized spacial score (nSPS) is 12.8. The lowest BCUT2D eigenvalue weighted by atomic mass is 9.92. The topological polar surface area (TPSA) is 38.7 Å². The van der Waals surface area contributed by atoms with Gasteiger partial charge in [0.05, 0.1) is 0 Å². The molecule has 0 fully saturated rings. The first kappa shape index (κ1) is 16.2. The van der Waals surface area contributed by atoms with Crippen molar-refractivity contribution in [2.45, 2.75) is 20.3 Å². The van der Waals surface area contributed by atoms with Crippen LogP contribution in [0.2, 0.25) is 0 Å². The van der Waals surface area contributed by atoms with Crippen molar-refractivity contribution in [1.29, 1.82) is 0 Å². The van der Waals surface area contributed by atoms with Crippen LogP contribution in [0.15, 0.2) is 65.2 Å². The van der Waals surface area contributed by atoms with E-state index >= 15 is 0 Å². The molecule has 0 aromatic heterocycles. The van der Waals surface area contributed by atoms with Gasteiger partial charge in [0, 0.05) is 17.7 Å². The molecule has 0 spiro atoms. The largest absolute Gasteiger partial charge is 0.490 e. The lowest BCUT2D eigenvalue weighted by Gasteiger charge is -2.17. The summed E-state index contributed by atoms with van der Waals surface area (Å²) in [7, 11) is 0. The maximum Gasteiger partial charge on any atom is 0.211 e. The van der Waals surface area contributed by atoms with E-state index in [9.17, 15) is 4.79 Å². The lowest BCUT2D eigenvalue weighted by molar-refractivity contribution is 0.106. The molecule has 0 bridgehead atoms. The third-order valence-corrected chi connectivity index (χ3v) is 3.98. The monoisotopic (exact) mass is 319 g/mol. The molecule has 24 heavy (non-hydrogen) atoms. The third-order valence-electron chi connectivity index (χ3n) is 3.98. The van der Waals surface area contributed by atoms with Crippen LogP contribution < -0.4 is 4.74 Å². The average molecular weight is 319 g/mol. The molecule has 0 aliphatic carbocycles. The minimum Gasteiger partial charge on any atom is -0.490 e. The van der Waals surface area contributed by atoms with E-state index in [-0.39, 0.29) is 5.78 Å². The highest BCUT2D eigenvalue weighted by molar-refractivity contribution is 6.51. The Labute approximate surface area is 142 Å². The molecule has 2 aromatic rings. The molecule has 0 radical (unpaired) electrons. The van der Waals surface area contributed by atoms with Crippen molar-refractivity contribution in [3.05, 3.63) is 76.9 Å². The predicted molar refractivity (Wildman–Crippen MR) is 97.2 cm³/mol. The highest BCUT2D eigenvalue weighted by Gasteiger charge is 2.22. The van der Waals surface area contributed by atoms with Gasteiger partial charge in [0.2, 0.25) is 5.78 Å². The van der Waals surface area contributed by atoms with Gasteiger partial charge in [0.25, 0.3) is 0 Å². The SMILES string of the molecule is CC(C)=CCOc1ccc2c(c1)CCN=C2C(=O)c1ccccc1. The number of nitrogens with zero attached hydrogens (tertiary/aromatic N) is 1. The molecule has 1 heterocycles. The first-order chi connectivity index (χ1) is 11.6. The van der Waals surface area contributed by atoms with Crippen molar-refractivity contribution in [2.24, 2.45) is 4.99 Å². The zero-order chi connectivity index (χ0) is 16.9. The summed E-state index contributed by atoms with van der Waals surface area (Å²) in [5.74, 6) is 0.814. The zero-order valence-corrected chi connectivity index (χ0v) is 14.1. The van der Waals surface area contributed by atoms with Gasteiger partial charge in [-0.05, 0) is 50.1 Å². The molecule has 3 nitrogen and oxygen atoms in total. The van der Waals surface area contributed by atoms with Crippen LogP contribution in [0.4, 0.5) is 0 Å². The summed E-state index contributed by atoms with van der Waals surface area (Å²) in [4.78, 5) is 17.2. The number of hydrogen-bond acceptors (Lipinski definition) is 3. The second kappa shape index (κ2) is 7.26. The molecule has 2 aromatic carbocycles. The summed E-state index contributed by atoms with van der Waals surface area (Å²) in [6.07, 6.45) is 2.88. The van der Waals surface area contributed by atoms with Crippen LogP contribution in [-0.4, -0.2) is 24.6 Å². The van der Waals surface area contributed by atoms with Gasteiger partial charge in [-0.3, -0.25) is 9.79 Å². The van der Waals surface area contributed by atoms with Crippen LogP contribution in [0.25, 0.3) is 0 Å².